The molecule has 1 heterocycles. The van der Waals surface area contributed by atoms with E-state index in [9.17, 15) is 22.4 Å². The first-order chi connectivity index (χ1) is 8.39. The lowest BCUT2D eigenvalue weighted by Gasteiger charge is -2.26. The maximum atomic E-state index is 13.3. The molecule has 3 nitrogen and oxygen atoms in total. The van der Waals surface area contributed by atoms with Crippen LogP contribution >= 0.6 is 0 Å². The van der Waals surface area contributed by atoms with Crippen molar-refractivity contribution in [1.82, 2.24) is 5.32 Å². The van der Waals surface area contributed by atoms with Crippen molar-refractivity contribution < 1.29 is 27.1 Å². The summed E-state index contributed by atoms with van der Waals surface area (Å²) in [7, 11) is 0. The Labute approximate surface area is 99.7 Å². The number of nitrogens with one attached hydrogen (secondary N) is 1. The average molecular weight is 263 g/mol. The predicted octanol–water partition coefficient (Wildman–Crippen LogP) is 3.02. The Morgan fingerprint density at radius 3 is 2.67 bits per heavy atom. The molecule has 1 fully saturated rings. The smallest absolute Gasteiger partial charge is 0.419 e. The molecule has 1 amide bonds. The summed E-state index contributed by atoms with van der Waals surface area (Å²) in [6.45, 7) is 0.00428. The number of rotatable bonds is 1. The van der Waals surface area contributed by atoms with E-state index in [2.05, 4.69) is 10.1 Å². The number of hydrogen-bond acceptors (Lipinski definition) is 2. The van der Waals surface area contributed by atoms with Gasteiger partial charge >= 0.3 is 12.3 Å². The highest BCUT2D eigenvalue weighted by molar-refractivity contribution is 5.68. The molecule has 0 bridgehead atoms. The molecule has 1 saturated heterocycles. The lowest BCUT2D eigenvalue weighted by molar-refractivity contribution is -0.141. The fraction of sp³-hybridized carbons (Fsp3) is 0.364. The topological polar surface area (TPSA) is 38.3 Å². The molecule has 1 aliphatic rings. The predicted molar refractivity (Wildman–Crippen MR) is 53.2 cm³/mol. The molecule has 1 aliphatic heterocycles. The van der Waals surface area contributed by atoms with Crippen LogP contribution in [-0.2, 0) is 10.9 Å². The van der Waals surface area contributed by atoms with Gasteiger partial charge in [-0.05, 0) is 11.6 Å². The monoisotopic (exact) mass is 263 g/mol. The van der Waals surface area contributed by atoms with Crippen LogP contribution in [0, 0.1) is 5.82 Å². The van der Waals surface area contributed by atoms with Gasteiger partial charge in [-0.1, -0.05) is 12.1 Å². The zero-order chi connectivity index (χ0) is 13.3. The van der Waals surface area contributed by atoms with E-state index >= 15 is 0 Å². The average Bonchev–Trinajstić information content (AvgIpc) is 2.27. The van der Waals surface area contributed by atoms with Crippen LogP contribution < -0.4 is 5.32 Å². The molecule has 1 aromatic rings. The summed E-state index contributed by atoms with van der Waals surface area (Å²) in [6, 6.07) is 2.19. The van der Waals surface area contributed by atoms with Crippen LogP contribution in [0.5, 0.6) is 0 Å². The minimum absolute atomic E-state index is 0.00428. The highest BCUT2D eigenvalue weighted by atomic mass is 19.4. The summed E-state index contributed by atoms with van der Waals surface area (Å²) in [5.74, 6) is -1.35. The van der Waals surface area contributed by atoms with Gasteiger partial charge in [0, 0.05) is 6.42 Å². The quantitative estimate of drug-likeness (QED) is 0.791. The van der Waals surface area contributed by atoms with E-state index in [0.717, 1.165) is 12.1 Å². The first kappa shape index (κ1) is 12.7. The van der Waals surface area contributed by atoms with E-state index in [1.807, 2.05) is 0 Å². The van der Waals surface area contributed by atoms with Gasteiger partial charge < -0.3 is 10.1 Å². The zero-order valence-corrected chi connectivity index (χ0v) is 9.05. The Hall–Kier alpha value is -1.79. The standard InChI is InChI=1S/C11H9F4NO2/c12-7-3-1-2-6(9(7)11(13,14)15)8-4-5-18-10(17)16-8/h1-3,8H,4-5H2,(H,16,17)/t8-/m0/s1. The fourth-order valence-electron chi connectivity index (χ4n) is 1.89. The van der Waals surface area contributed by atoms with Crippen LogP contribution in [0.15, 0.2) is 18.2 Å². The summed E-state index contributed by atoms with van der Waals surface area (Å²) >= 11 is 0. The number of alkyl halides is 3. The Bertz CT molecular complexity index is 473. The third kappa shape index (κ3) is 2.39. The third-order valence-corrected chi connectivity index (χ3v) is 2.64. The van der Waals surface area contributed by atoms with Crippen LogP contribution in [-0.4, -0.2) is 12.7 Å². The zero-order valence-electron chi connectivity index (χ0n) is 9.05. The van der Waals surface area contributed by atoms with Crippen molar-refractivity contribution in [2.24, 2.45) is 0 Å². The van der Waals surface area contributed by atoms with Gasteiger partial charge in [-0.25, -0.2) is 9.18 Å². The first-order valence-corrected chi connectivity index (χ1v) is 5.18. The third-order valence-electron chi connectivity index (χ3n) is 2.64. The van der Waals surface area contributed by atoms with E-state index in [4.69, 9.17) is 0 Å². The van der Waals surface area contributed by atoms with Crippen LogP contribution in [0.3, 0.4) is 0 Å². The molecule has 0 radical (unpaired) electrons. The second kappa shape index (κ2) is 4.47. The maximum absolute atomic E-state index is 13.3. The molecule has 7 heteroatoms. The van der Waals surface area contributed by atoms with Crippen molar-refractivity contribution in [3.05, 3.63) is 35.1 Å². The number of cyclic esters (lactones) is 1. The summed E-state index contributed by atoms with van der Waals surface area (Å²) in [6.07, 6.45) is -5.44. The number of halogens is 4. The summed E-state index contributed by atoms with van der Waals surface area (Å²) < 4.78 is 56.2. The molecule has 1 atom stereocenters. The summed E-state index contributed by atoms with van der Waals surface area (Å²) in [4.78, 5) is 11.0. The van der Waals surface area contributed by atoms with E-state index in [0.29, 0.717) is 0 Å². The van der Waals surface area contributed by atoms with Crippen LogP contribution in [0.25, 0.3) is 0 Å². The van der Waals surface area contributed by atoms with Crippen molar-refractivity contribution in [3.8, 4) is 0 Å². The Morgan fingerprint density at radius 2 is 2.06 bits per heavy atom. The van der Waals surface area contributed by atoms with Gasteiger partial charge in [0.25, 0.3) is 0 Å². The fourth-order valence-corrected chi connectivity index (χ4v) is 1.89. The van der Waals surface area contributed by atoms with Crippen molar-refractivity contribution >= 4 is 6.09 Å². The molecule has 0 saturated carbocycles. The first-order valence-electron chi connectivity index (χ1n) is 5.18. The molecule has 1 aromatic carbocycles. The van der Waals surface area contributed by atoms with Crippen LogP contribution in [0.4, 0.5) is 22.4 Å². The second-order valence-electron chi connectivity index (χ2n) is 3.82. The van der Waals surface area contributed by atoms with Crippen molar-refractivity contribution in [2.45, 2.75) is 18.6 Å². The molecule has 2 rings (SSSR count). The van der Waals surface area contributed by atoms with E-state index in [1.165, 1.54) is 6.07 Å². The van der Waals surface area contributed by atoms with Crippen molar-refractivity contribution in [3.63, 3.8) is 0 Å². The van der Waals surface area contributed by atoms with Crippen molar-refractivity contribution in [1.29, 1.82) is 0 Å². The number of benzene rings is 1. The van der Waals surface area contributed by atoms with Gasteiger partial charge in [0.05, 0.1) is 18.2 Å². The molecular formula is C11H9F4NO2. The van der Waals surface area contributed by atoms with Gasteiger partial charge in [-0.3, -0.25) is 0 Å². The molecule has 0 spiro atoms. The molecular weight excluding hydrogens is 254 g/mol. The Kier molecular flexibility index (Phi) is 3.14. The van der Waals surface area contributed by atoms with Gasteiger partial charge in [0.1, 0.15) is 5.82 Å². The SMILES string of the molecule is O=C1N[C@H](c2cccc(F)c2C(F)(F)F)CCO1. The normalized spacial score (nSPS) is 20.2. The number of carbonyl (C=O) groups is 1. The van der Waals surface area contributed by atoms with Gasteiger partial charge in [-0.15, -0.1) is 0 Å². The second-order valence-corrected chi connectivity index (χ2v) is 3.82. The Balaban J connectivity index is 2.44. The largest absolute Gasteiger partial charge is 0.449 e. The van der Waals surface area contributed by atoms with Crippen LogP contribution in [0.1, 0.15) is 23.6 Å². The molecule has 98 valence electrons. The number of hydrogen-bond donors (Lipinski definition) is 1. The number of carbonyl (C=O) groups excluding carboxylic acids is 1. The molecule has 0 unspecified atom stereocenters. The van der Waals surface area contributed by atoms with E-state index in [-0.39, 0.29) is 18.6 Å². The molecule has 0 aliphatic carbocycles. The molecule has 18 heavy (non-hydrogen) atoms. The maximum Gasteiger partial charge on any atom is 0.419 e. The minimum atomic E-state index is -4.80. The summed E-state index contributed by atoms with van der Waals surface area (Å²) in [5, 5.41) is 2.24. The lowest BCUT2D eigenvalue weighted by atomic mass is 9.97. The van der Waals surface area contributed by atoms with Gasteiger partial charge in [0.2, 0.25) is 0 Å². The number of amides is 1. The molecule has 0 aromatic heterocycles. The van der Waals surface area contributed by atoms with Gasteiger partial charge in [-0.2, -0.15) is 13.2 Å². The highest BCUT2D eigenvalue weighted by Gasteiger charge is 2.39. The Morgan fingerprint density at radius 1 is 1.33 bits per heavy atom. The van der Waals surface area contributed by atoms with E-state index < -0.39 is 29.7 Å². The highest BCUT2D eigenvalue weighted by Crippen LogP contribution is 2.37. The minimum Gasteiger partial charge on any atom is -0.449 e. The van der Waals surface area contributed by atoms with E-state index in [1.54, 1.807) is 0 Å². The van der Waals surface area contributed by atoms with Gasteiger partial charge in [0.15, 0.2) is 0 Å². The molecule has 1 N–H and O–H groups in total. The number of ether oxygens (including phenoxy) is 1. The lowest BCUT2D eigenvalue weighted by Crippen LogP contribution is -2.36. The van der Waals surface area contributed by atoms with Crippen molar-refractivity contribution in [2.75, 3.05) is 6.61 Å². The van der Waals surface area contributed by atoms with Crippen LogP contribution in [0.2, 0.25) is 0 Å². The number of alkyl carbamates (subject to hydrolysis) is 1. The summed E-state index contributed by atoms with van der Waals surface area (Å²) in [5.41, 5.74) is -1.61.